The summed E-state index contributed by atoms with van der Waals surface area (Å²) in [5.41, 5.74) is 6.57. The number of hydrogen-bond donors (Lipinski definition) is 1. The van der Waals surface area contributed by atoms with Crippen molar-refractivity contribution in [2.24, 2.45) is 0 Å². The van der Waals surface area contributed by atoms with Gasteiger partial charge in [-0.3, -0.25) is 0 Å². The second kappa shape index (κ2) is 7.75. The third-order valence-corrected chi connectivity index (χ3v) is 5.37. The summed E-state index contributed by atoms with van der Waals surface area (Å²) in [4.78, 5) is -0.321. The van der Waals surface area contributed by atoms with Crippen LogP contribution in [0.4, 0.5) is 10.1 Å². The van der Waals surface area contributed by atoms with Gasteiger partial charge < -0.3 is 5.73 Å². The maximum Gasteiger partial charge on any atom is 0.246 e. The lowest BCUT2D eigenvalue weighted by atomic mass is 10.2. The topological polar surface area (TPSA) is 63.4 Å². The number of aryl methyl sites for hydroxylation is 1. The molecule has 0 bridgehead atoms. The van der Waals surface area contributed by atoms with Crippen LogP contribution in [0.5, 0.6) is 0 Å². The van der Waals surface area contributed by atoms with E-state index in [4.69, 9.17) is 5.73 Å². The number of rotatable bonds is 8. The molecule has 1 aromatic carbocycles. The minimum atomic E-state index is -3.84. The average molecular weight is 316 g/mol. The van der Waals surface area contributed by atoms with Crippen LogP contribution in [0.3, 0.4) is 0 Å². The van der Waals surface area contributed by atoms with E-state index in [0.717, 1.165) is 25.7 Å². The molecule has 0 saturated heterocycles. The third kappa shape index (κ3) is 4.41. The molecule has 0 aromatic heterocycles. The van der Waals surface area contributed by atoms with E-state index < -0.39 is 15.8 Å². The summed E-state index contributed by atoms with van der Waals surface area (Å²) >= 11 is 0. The largest absolute Gasteiger partial charge is 0.398 e. The van der Waals surface area contributed by atoms with Crippen molar-refractivity contribution >= 4 is 15.7 Å². The fourth-order valence-electron chi connectivity index (χ4n) is 2.03. The van der Waals surface area contributed by atoms with E-state index in [0.29, 0.717) is 24.3 Å². The van der Waals surface area contributed by atoms with Gasteiger partial charge in [-0.15, -0.1) is 0 Å². The van der Waals surface area contributed by atoms with Gasteiger partial charge in [0, 0.05) is 18.8 Å². The zero-order chi connectivity index (χ0) is 16.0. The second-order valence-electron chi connectivity index (χ2n) is 5.25. The van der Waals surface area contributed by atoms with Gasteiger partial charge in [-0.1, -0.05) is 26.7 Å². The fourth-order valence-corrected chi connectivity index (χ4v) is 3.62. The number of halogens is 1. The Hall–Kier alpha value is -1.14. The van der Waals surface area contributed by atoms with E-state index in [1.807, 2.05) is 13.8 Å². The minimum Gasteiger partial charge on any atom is -0.398 e. The smallest absolute Gasteiger partial charge is 0.246 e. The SMILES string of the molecule is CCCCN(CCCC)S(=O)(=O)c1cc(N)c(C)cc1F. The second-order valence-corrected chi connectivity index (χ2v) is 7.16. The molecule has 0 aliphatic carbocycles. The molecular formula is C15H25FN2O2S. The summed E-state index contributed by atoms with van der Waals surface area (Å²) < 4.78 is 40.8. The lowest BCUT2D eigenvalue weighted by molar-refractivity contribution is 0.392. The molecule has 0 unspecified atom stereocenters. The summed E-state index contributed by atoms with van der Waals surface area (Å²) in [5, 5.41) is 0. The van der Waals surface area contributed by atoms with E-state index in [1.54, 1.807) is 6.92 Å². The highest BCUT2D eigenvalue weighted by Gasteiger charge is 2.27. The molecule has 2 N–H and O–H groups in total. The van der Waals surface area contributed by atoms with Gasteiger partial charge in [-0.05, 0) is 37.5 Å². The molecule has 0 saturated carbocycles. The van der Waals surface area contributed by atoms with Crippen molar-refractivity contribution in [1.29, 1.82) is 0 Å². The number of hydrogen-bond acceptors (Lipinski definition) is 3. The number of sulfonamides is 1. The van der Waals surface area contributed by atoms with Crippen LogP contribution in [0, 0.1) is 12.7 Å². The minimum absolute atomic E-state index is 0.293. The lowest BCUT2D eigenvalue weighted by Gasteiger charge is -2.22. The molecule has 0 aliphatic heterocycles. The number of nitrogen functional groups attached to an aromatic ring is 1. The molecule has 0 radical (unpaired) electrons. The maximum atomic E-state index is 14.1. The van der Waals surface area contributed by atoms with Crippen molar-refractivity contribution in [2.75, 3.05) is 18.8 Å². The molecule has 0 fully saturated rings. The number of nitrogens with zero attached hydrogens (tertiary/aromatic N) is 1. The summed E-state index contributed by atoms with van der Waals surface area (Å²) in [5.74, 6) is -0.736. The zero-order valence-electron chi connectivity index (χ0n) is 13.0. The van der Waals surface area contributed by atoms with E-state index in [-0.39, 0.29) is 4.90 Å². The van der Waals surface area contributed by atoms with Gasteiger partial charge in [0.2, 0.25) is 10.0 Å². The average Bonchev–Trinajstić information content (AvgIpc) is 2.42. The summed E-state index contributed by atoms with van der Waals surface area (Å²) in [6.45, 7) is 6.46. The van der Waals surface area contributed by atoms with Crippen LogP contribution < -0.4 is 5.73 Å². The molecule has 1 rings (SSSR count). The van der Waals surface area contributed by atoms with Gasteiger partial charge in [-0.25, -0.2) is 12.8 Å². The molecule has 1 aromatic rings. The number of unbranched alkanes of at least 4 members (excludes halogenated alkanes) is 2. The molecule has 120 valence electrons. The lowest BCUT2D eigenvalue weighted by Crippen LogP contribution is -2.33. The molecule has 0 aliphatic rings. The van der Waals surface area contributed by atoms with Crippen LogP contribution in [0.25, 0.3) is 0 Å². The van der Waals surface area contributed by atoms with E-state index in [9.17, 15) is 12.8 Å². The van der Waals surface area contributed by atoms with Gasteiger partial charge in [-0.2, -0.15) is 4.31 Å². The van der Waals surface area contributed by atoms with Crippen LogP contribution in [-0.2, 0) is 10.0 Å². The van der Waals surface area contributed by atoms with Crippen LogP contribution in [0.2, 0.25) is 0 Å². The first kappa shape index (κ1) is 17.9. The van der Waals surface area contributed by atoms with Crippen LogP contribution in [-0.4, -0.2) is 25.8 Å². The molecule has 4 nitrogen and oxygen atoms in total. The highest BCUT2D eigenvalue weighted by Crippen LogP contribution is 2.25. The standard InChI is InChI=1S/C15H25FN2O2S/c1-4-6-8-18(9-7-5-2)21(19,20)15-11-14(17)12(3)10-13(15)16/h10-11H,4-9,17H2,1-3H3. The summed E-state index contributed by atoms with van der Waals surface area (Å²) in [6.07, 6.45) is 3.28. The van der Waals surface area contributed by atoms with Crippen molar-refractivity contribution in [3.63, 3.8) is 0 Å². The van der Waals surface area contributed by atoms with E-state index >= 15 is 0 Å². The Kier molecular flexibility index (Phi) is 6.61. The van der Waals surface area contributed by atoms with Gasteiger partial charge in [0.1, 0.15) is 10.7 Å². The van der Waals surface area contributed by atoms with Crippen molar-refractivity contribution in [3.05, 3.63) is 23.5 Å². The molecule has 0 amide bonds. The zero-order valence-corrected chi connectivity index (χ0v) is 13.8. The third-order valence-electron chi connectivity index (χ3n) is 3.46. The summed E-state index contributed by atoms with van der Waals surface area (Å²) in [7, 11) is -3.84. The monoisotopic (exact) mass is 316 g/mol. The maximum absolute atomic E-state index is 14.1. The predicted molar refractivity (Wildman–Crippen MR) is 84.1 cm³/mol. The van der Waals surface area contributed by atoms with Crippen molar-refractivity contribution in [3.8, 4) is 0 Å². The van der Waals surface area contributed by atoms with Crippen molar-refractivity contribution < 1.29 is 12.8 Å². The van der Waals surface area contributed by atoms with Gasteiger partial charge in [0.25, 0.3) is 0 Å². The molecule has 0 spiro atoms. The molecule has 0 heterocycles. The normalized spacial score (nSPS) is 12.0. The first-order valence-corrected chi connectivity index (χ1v) is 8.84. The first-order chi connectivity index (χ1) is 9.84. The quantitative estimate of drug-likeness (QED) is 0.748. The number of anilines is 1. The Labute approximate surface area is 127 Å². The van der Waals surface area contributed by atoms with Crippen molar-refractivity contribution in [2.45, 2.75) is 51.3 Å². The van der Waals surface area contributed by atoms with Gasteiger partial charge in [0.05, 0.1) is 0 Å². The highest BCUT2D eigenvalue weighted by atomic mass is 32.2. The molecular weight excluding hydrogens is 291 g/mol. The summed E-state index contributed by atoms with van der Waals surface area (Å²) in [6, 6.07) is 2.41. The Balaban J connectivity index is 3.18. The van der Waals surface area contributed by atoms with Gasteiger partial charge in [0.15, 0.2) is 0 Å². The Morgan fingerprint density at radius 3 is 2.14 bits per heavy atom. The van der Waals surface area contributed by atoms with Crippen molar-refractivity contribution in [1.82, 2.24) is 4.31 Å². The van der Waals surface area contributed by atoms with E-state index in [2.05, 4.69) is 0 Å². The van der Waals surface area contributed by atoms with Crippen LogP contribution in [0.15, 0.2) is 17.0 Å². The Morgan fingerprint density at radius 1 is 1.14 bits per heavy atom. The number of nitrogens with two attached hydrogens (primary N) is 1. The highest BCUT2D eigenvalue weighted by molar-refractivity contribution is 7.89. The predicted octanol–water partition coefficient (Wildman–Crippen LogP) is 3.31. The van der Waals surface area contributed by atoms with Crippen LogP contribution in [0.1, 0.15) is 45.1 Å². The Bertz CT molecular complexity index is 565. The van der Waals surface area contributed by atoms with E-state index in [1.165, 1.54) is 16.4 Å². The molecule has 0 atom stereocenters. The molecule has 6 heteroatoms. The van der Waals surface area contributed by atoms with Crippen LogP contribution >= 0.6 is 0 Å². The first-order valence-electron chi connectivity index (χ1n) is 7.40. The number of benzene rings is 1. The Morgan fingerprint density at radius 2 is 1.67 bits per heavy atom. The molecule has 21 heavy (non-hydrogen) atoms. The van der Waals surface area contributed by atoms with Gasteiger partial charge >= 0.3 is 0 Å². The fraction of sp³-hybridized carbons (Fsp3) is 0.600.